The zero-order valence-electron chi connectivity index (χ0n) is 13.1. The Morgan fingerprint density at radius 1 is 1.33 bits per heavy atom. The Morgan fingerprint density at radius 3 is 3.04 bits per heavy atom. The molecule has 120 valence electrons. The highest BCUT2D eigenvalue weighted by molar-refractivity contribution is 6.03. The van der Waals surface area contributed by atoms with Crippen molar-refractivity contribution in [3.63, 3.8) is 0 Å². The van der Waals surface area contributed by atoms with Gasteiger partial charge in [0.1, 0.15) is 11.6 Å². The zero-order chi connectivity index (χ0) is 16.5. The topological polar surface area (TPSA) is 79.3 Å². The number of rotatable bonds is 4. The second kappa shape index (κ2) is 5.73. The maximum absolute atomic E-state index is 10.2. The van der Waals surface area contributed by atoms with Crippen molar-refractivity contribution in [3.8, 4) is 17.2 Å². The van der Waals surface area contributed by atoms with E-state index in [-0.39, 0.29) is 5.88 Å². The Balaban J connectivity index is 1.75. The second-order valence-electron chi connectivity index (χ2n) is 5.39. The lowest BCUT2D eigenvalue weighted by Crippen LogP contribution is -1.94. The zero-order valence-corrected chi connectivity index (χ0v) is 13.1. The summed E-state index contributed by atoms with van der Waals surface area (Å²) in [5, 5.41) is 15.3. The molecule has 3 aromatic heterocycles. The fourth-order valence-corrected chi connectivity index (χ4v) is 2.74. The van der Waals surface area contributed by atoms with Crippen LogP contribution in [0.4, 0.5) is 5.82 Å². The molecule has 0 saturated heterocycles. The van der Waals surface area contributed by atoms with Gasteiger partial charge in [-0.2, -0.15) is 5.10 Å². The van der Waals surface area contributed by atoms with E-state index in [9.17, 15) is 5.11 Å². The van der Waals surface area contributed by atoms with Crippen molar-refractivity contribution in [2.75, 3.05) is 0 Å². The van der Waals surface area contributed by atoms with Gasteiger partial charge in [0, 0.05) is 35.3 Å². The van der Waals surface area contributed by atoms with Crippen LogP contribution in [0.5, 0.6) is 5.88 Å². The van der Waals surface area contributed by atoms with E-state index >= 15 is 0 Å². The van der Waals surface area contributed by atoms with E-state index in [1.807, 2.05) is 43.3 Å². The van der Waals surface area contributed by atoms with Crippen molar-refractivity contribution in [1.82, 2.24) is 14.8 Å². The number of aromatic amines is 1. The summed E-state index contributed by atoms with van der Waals surface area (Å²) in [5.41, 5.74) is 2.42. The SMILES string of the molecule is CCn1nccc1/N=C/c1c(O)[nH]c2cc(-c3ccco3)ccc12. The molecule has 6 heteroatoms. The molecule has 3 heterocycles. The van der Waals surface area contributed by atoms with Crippen LogP contribution in [0.25, 0.3) is 22.2 Å². The monoisotopic (exact) mass is 320 g/mol. The summed E-state index contributed by atoms with van der Waals surface area (Å²) in [6.45, 7) is 2.75. The van der Waals surface area contributed by atoms with Crippen LogP contribution in [0, 0.1) is 0 Å². The number of aromatic hydroxyl groups is 1. The van der Waals surface area contributed by atoms with Crippen LogP contribution in [-0.2, 0) is 6.54 Å². The number of furan rings is 1. The van der Waals surface area contributed by atoms with Crippen LogP contribution in [-0.4, -0.2) is 26.1 Å². The average molecular weight is 320 g/mol. The summed E-state index contributed by atoms with van der Waals surface area (Å²) in [5.74, 6) is 1.62. The summed E-state index contributed by atoms with van der Waals surface area (Å²) in [4.78, 5) is 7.43. The van der Waals surface area contributed by atoms with Crippen LogP contribution in [0.2, 0.25) is 0 Å². The van der Waals surface area contributed by atoms with E-state index in [1.165, 1.54) is 0 Å². The molecule has 0 unspecified atom stereocenters. The van der Waals surface area contributed by atoms with Crippen molar-refractivity contribution < 1.29 is 9.52 Å². The number of H-pyrrole nitrogens is 1. The molecule has 4 rings (SSSR count). The lowest BCUT2D eigenvalue weighted by molar-refractivity contribution is 0.457. The van der Waals surface area contributed by atoms with Gasteiger partial charge in [-0.3, -0.25) is 0 Å². The summed E-state index contributed by atoms with van der Waals surface area (Å²) in [7, 11) is 0. The third kappa shape index (κ3) is 2.38. The minimum absolute atomic E-state index is 0.0907. The molecule has 0 fully saturated rings. The number of hydrogen-bond donors (Lipinski definition) is 2. The van der Waals surface area contributed by atoms with Crippen molar-refractivity contribution in [1.29, 1.82) is 0 Å². The van der Waals surface area contributed by atoms with Gasteiger partial charge >= 0.3 is 0 Å². The molecular formula is C18H16N4O2. The molecule has 0 saturated carbocycles. The van der Waals surface area contributed by atoms with E-state index in [0.717, 1.165) is 34.6 Å². The summed E-state index contributed by atoms with van der Waals surface area (Å²) < 4.78 is 7.20. The number of hydrogen-bond acceptors (Lipinski definition) is 4. The van der Waals surface area contributed by atoms with Crippen LogP contribution in [0.1, 0.15) is 12.5 Å². The molecule has 0 bridgehead atoms. The Labute approximate surface area is 138 Å². The van der Waals surface area contributed by atoms with Crippen molar-refractivity contribution in [2.45, 2.75) is 13.5 Å². The molecule has 2 N–H and O–H groups in total. The minimum atomic E-state index is 0.0907. The van der Waals surface area contributed by atoms with Gasteiger partial charge in [0.05, 0.1) is 18.0 Å². The molecule has 0 atom stereocenters. The molecule has 0 aliphatic rings. The lowest BCUT2D eigenvalue weighted by atomic mass is 10.1. The lowest BCUT2D eigenvalue weighted by Gasteiger charge is -1.99. The van der Waals surface area contributed by atoms with Crippen molar-refractivity contribution >= 4 is 22.9 Å². The minimum Gasteiger partial charge on any atom is -0.494 e. The summed E-state index contributed by atoms with van der Waals surface area (Å²) in [6, 6.07) is 11.4. The van der Waals surface area contributed by atoms with Gasteiger partial charge in [0.15, 0.2) is 5.88 Å². The Morgan fingerprint density at radius 2 is 2.25 bits per heavy atom. The molecule has 4 aromatic rings. The van der Waals surface area contributed by atoms with Gasteiger partial charge in [-0.25, -0.2) is 9.67 Å². The summed E-state index contributed by atoms with van der Waals surface area (Å²) >= 11 is 0. The first kappa shape index (κ1) is 14.3. The van der Waals surface area contributed by atoms with Crippen molar-refractivity contribution in [3.05, 3.63) is 54.4 Å². The van der Waals surface area contributed by atoms with Crippen molar-refractivity contribution in [2.24, 2.45) is 4.99 Å². The van der Waals surface area contributed by atoms with Gasteiger partial charge in [-0.15, -0.1) is 0 Å². The predicted molar refractivity (Wildman–Crippen MR) is 92.8 cm³/mol. The molecule has 0 radical (unpaired) electrons. The largest absolute Gasteiger partial charge is 0.494 e. The third-order valence-electron chi connectivity index (χ3n) is 3.94. The number of nitrogens with zero attached hydrogens (tertiary/aromatic N) is 3. The molecule has 0 amide bonds. The first-order valence-electron chi connectivity index (χ1n) is 7.70. The number of aromatic nitrogens is 3. The van der Waals surface area contributed by atoms with Crippen LogP contribution >= 0.6 is 0 Å². The molecule has 24 heavy (non-hydrogen) atoms. The number of nitrogens with one attached hydrogen (secondary N) is 1. The standard InChI is InChI=1S/C18H16N4O2/c1-2-22-17(7-8-20-22)19-11-14-13-6-5-12(16-4-3-9-24-16)10-15(13)21-18(14)23/h3-11,21,23H,2H2,1H3/b19-11+. The molecule has 6 nitrogen and oxygen atoms in total. The van der Waals surface area contributed by atoms with Crippen LogP contribution in [0.3, 0.4) is 0 Å². The Bertz CT molecular complexity index is 1010. The third-order valence-corrected chi connectivity index (χ3v) is 3.94. The highest BCUT2D eigenvalue weighted by Gasteiger charge is 2.11. The number of benzene rings is 1. The van der Waals surface area contributed by atoms with E-state index < -0.39 is 0 Å². The van der Waals surface area contributed by atoms with E-state index in [1.54, 1.807) is 23.4 Å². The summed E-state index contributed by atoms with van der Waals surface area (Å²) in [6.07, 6.45) is 5.01. The van der Waals surface area contributed by atoms with Crippen LogP contribution < -0.4 is 0 Å². The Kier molecular flexibility index (Phi) is 3.42. The first-order valence-corrected chi connectivity index (χ1v) is 7.70. The molecule has 0 spiro atoms. The highest BCUT2D eigenvalue weighted by Crippen LogP contribution is 2.30. The fraction of sp³-hybridized carbons (Fsp3) is 0.111. The molecule has 0 aliphatic carbocycles. The van der Waals surface area contributed by atoms with E-state index in [2.05, 4.69) is 15.1 Å². The number of aliphatic imine (C=N–C) groups is 1. The van der Waals surface area contributed by atoms with Gasteiger partial charge in [0.25, 0.3) is 0 Å². The number of aryl methyl sites for hydroxylation is 1. The maximum Gasteiger partial charge on any atom is 0.198 e. The second-order valence-corrected chi connectivity index (χ2v) is 5.39. The normalized spacial score (nSPS) is 11.7. The average Bonchev–Trinajstić information content (AvgIpc) is 3.32. The van der Waals surface area contributed by atoms with Gasteiger partial charge in [-0.1, -0.05) is 12.1 Å². The number of fused-ring (bicyclic) bond motifs is 1. The quantitative estimate of drug-likeness (QED) is 0.556. The van der Waals surface area contributed by atoms with Gasteiger partial charge < -0.3 is 14.5 Å². The van der Waals surface area contributed by atoms with E-state index in [4.69, 9.17) is 4.42 Å². The van der Waals surface area contributed by atoms with Gasteiger partial charge in [0.2, 0.25) is 0 Å². The highest BCUT2D eigenvalue weighted by atomic mass is 16.3. The molecular weight excluding hydrogens is 304 g/mol. The van der Waals surface area contributed by atoms with Gasteiger partial charge in [-0.05, 0) is 25.1 Å². The smallest absolute Gasteiger partial charge is 0.198 e. The van der Waals surface area contributed by atoms with E-state index in [0.29, 0.717) is 5.56 Å². The first-order chi connectivity index (χ1) is 11.8. The Hall–Kier alpha value is -3.28. The van der Waals surface area contributed by atoms with Crippen LogP contribution in [0.15, 0.2) is 58.3 Å². The maximum atomic E-state index is 10.2. The predicted octanol–water partition coefficient (Wildman–Crippen LogP) is 4.10. The molecule has 0 aliphatic heterocycles. The molecule has 1 aromatic carbocycles. The fourth-order valence-electron chi connectivity index (χ4n) is 2.74.